The molecule has 1 aliphatic carbocycles. The fraction of sp³-hybridized carbons (Fsp3) is 0.767. The average Bonchev–Trinajstić information content (AvgIpc) is 3.49. The summed E-state index contributed by atoms with van der Waals surface area (Å²) in [7, 11) is -2.92. The highest BCUT2D eigenvalue weighted by atomic mass is 28.4. The smallest absolute Gasteiger partial charge is 0.286 e. The van der Waals surface area contributed by atoms with Gasteiger partial charge in [-0.2, -0.15) is 0 Å². The van der Waals surface area contributed by atoms with Crippen molar-refractivity contribution in [2.45, 2.75) is 122 Å². The average molecular weight is 593 g/mol. The Morgan fingerprint density at radius 1 is 1.07 bits per heavy atom. The molecule has 3 rings (SSSR count). The lowest BCUT2D eigenvalue weighted by Crippen LogP contribution is -2.50. The number of rotatable bonds is 11. The lowest BCUT2D eigenvalue weighted by atomic mass is 10.0. The Balaban J connectivity index is 2.01. The number of likely N-dealkylation sites (tertiary alicyclic amines) is 1. The van der Waals surface area contributed by atoms with Crippen molar-refractivity contribution in [1.82, 2.24) is 4.90 Å². The quantitative estimate of drug-likeness (QED) is 0.146. The zero-order chi connectivity index (χ0) is 30.4. The SMILES string of the molecule is COc1cc(C(=O)N2CC3(CC3)C[C@H]2CO[Si](C)(C)C(C)(C)C)c([N+](=O)[O-])cc1O[Si](C(C)C)(C(C)C)C(C)C. The number of nitro benzene ring substituents is 1. The topological polar surface area (TPSA) is 91.1 Å². The number of carbonyl (C=O) groups excluding carboxylic acids is 1. The first-order chi connectivity index (χ1) is 18.3. The molecule has 1 aromatic rings. The van der Waals surface area contributed by atoms with Crippen LogP contribution in [0.25, 0.3) is 0 Å². The number of ether oxygens (including phenoxy) is 1. The van der Waals surface area contributed by atoms with Crippen molar-refractivity contribution in [3.63, 3.8) is 0 Å². The molecule has 1 saturated carbocycles. The number of hydrogen-bond donors (Lipinski definition) is 0. The fourth-order valence-electron chi connectivity index (χ4n) is 6.42. The summed E-state index contributed by atoms with van der Waals surface area (Å²) < 4.78 is 19.1. The van der Waals surface area contributed by atoms with Crippen molar-refractivity contribution >= 4 is 28.2 Å². The highest BCUT2D eigenvalue weighted by molar-refractivity contribution is 6.78. The van der Waals surface area contributed by atoms with Crippen LogP contribution >= 0.6 is 0 Å². The monoisotopic (exact) mass is 592 g/mol. The maximum absolute atomic E-state index is 14.1. The minimum atomic E-state index is -2.42. The van der Waals surface area contributed by atoms with Crippen LogP contribution in [-0.2, 0) is 4.43 Å². The first-order valence-electron chi connectivity index (χ1n) is 14.8. The Hall–Kier alpha value is -1.92. The van der Waals surface area contributed by atoms with Crippen molar-refractivity contribution in [2.75, 3.05) is 20.3 Å². The van der Waals surface area contributed by atoms with Crippen molar-refractivity contribution in [1.29, 1.82) is 0 Å². The van der Waals surface area contributed by atoms with E-state index in [9.17, 15) is 14.9 Å². The molecule has 0 radical (unpaired) electrons. The Bertz CT molecular complexity index is 1090. The van der Waals surface area contributed by atoms with Crippen LogP contribution in [0.15, 0.2) is 12.1 Å². The zero-order valence-corrected chi connectivity index (χ0v) is 28.8. The second-order valence-corrected chi connectivity index (χ2v) is 24.7. The molecule has 1 atom stereocenters. The fourth-order valence-corrected chi connectivity index (χ4v) is 12.7. The molecule has 0 unspecified atom stereocenters. The number of nitro groups is 1. The van der Waals surface area contributed by atoms with Crippen LogP contribution in [0.3, 0.4) is 0 Å². The van der Waals surface area contributed by atoms with E-state index >= 15 is 0 Å². The summed E-state index contributed by atoms with van der Waals surface area (Å²) in [6.07, 6.45) is 3.04. The molecule has 1 amide bonds. The summed E-state index contributed by atoms with van der Waals surface area (Å²) >= 11 is 0. The van der Waals surface area contributed by atoms with E-state index in [1.54, 1.807) is 0 Å². The molecule has 1 heterocycles. The Morgan fingerprint density at radius 3 is 2.05 bits per heavy atom. The molecule has 10 heteroatoms. The largest absolute Gasteiger partial charge is 0.540 e. The summed E-state index contributed by atoms with van der Waals surface area (Å²) in [4.78, 5) is 27.8. The second-order valence-electron chi connectivity index (χ2n) is 14.6. The van der Waals surface area contributed by atoms with E-state index in [1.165, 1.54) is 19.2 Å². The van der Waals surface area contributed by atoms with Gasteiger partial charge in [-0.1, -0.05) is 62.3 Å². The van der Waals surface area contributed by atoms with Gasteiger partial charge in [-0.3, -0.25) is 14.9 Å². The van der Waals surface area contributed by atoms with E-state index < -0.39 is 21.6 Å². The first-order valence-corrected chi connectivity index (χ1v) is 19.9. The van der Waals surface area contributed by atoms with E-state index in [-0.39, 0.29) is 50.3 Å². The number of methoxy groups -OCH3 is 1. The van der Waals surface area contributed by atoms with Crippen LogP contribution in [0.1, 0.15) is 91.9 Å². The van der Waals surface area contributed by atoms with Crippen LogP contribution in [0.4, 0.5) is 5.69 Å². The van der Waals surface area contributed by atoms with Gasteiger partial charge >= 0.3 is 0 Å². The third-order valence-corrected chi connectivity index (χ3v) is 20.5. The number of hydrogen-bond acceptors (Lipinski definition) is 6. The number of amides is 1. The molecule has 1 spiro atoms. The molecule has 1 saturated heterocycles. The van der Waals surface area contributed by atoms with E-state index in [0.29, 0.717) is 24.7 Å². The molecular formula is C30H52N2O6Si2. The minimum Gasteiger partial charge on any atom is -0.540 e. The van der Waals surface area contributed by atoms with Gasteiger partial charge in [0.15, 0.2) is 19.8 Å². The second kappa shape index (κ2) is 11.4. The molecule has 0 N–H and O–H groups in total. The van der Waals surface area contributed by atoms with Gasteiger partial charge in [-0.25, -0.2) is 0 Å². The Morgan fingerprint density at radius 2 is 1.62 bits per heavy atom. The summed E-state index contributed by atoms with van der Waals surface area (Å²) in [6.45, 7) is 25.1. The van der Waals surface area contributed by atoms with Gasteiger partial charge < -0.3 is 18.5 Å². The van der Waals surface area contributed by atoms with E-state index in [2.05, 4.69) is 75.4 Å². The Kier molecular flexibility index (Phi) is 9.29. The molecule has 1 aliphatic heterocycles. The molecule has 0 bridgehead atoms. The van der Waals surface area contributed by atoms with Crippen LogP contribution in [0.5, 0.6) is 11.5 Å². The third kappa shape index (κ3) is 6.14. The first kappa shape index (κ1) is 32.6. The lowest BCUT2D eigenvalue weighted by Gasteiger charge is -2.42. The molecule has 40 heavy (non-hydrogen) atoms. The predicted octanol–water partition coefficient (Wildman–Crippen LogP) is 8.17. The maximum atomic E-state index is 14.1. The molecular weight excluding hydrogens is 541 g/mol. The normalized spacial score (nSPS) is 19.2. The van der Waals surface area contributed by atoms with E-state index in [4.69, 9.17) is 13.6 Å². The number of nitrogens with zero attached hydrogens (tertiary/aromatic N) is 2. The number of benzene rings is 1. The van der Waals surface area contributed by atoms with Gasteiger partial charge in [0.1, 0.15) is 5.56 Å². The molecule has 8 nitrogen and oxygen atoms in total. The van der Waals surface area contributed by atoms with Crippen molar-refractivity contribution in [3.8, 4) is 11.5 Å². The summed E-state index contributed by atoms with van der Waals surface area (Å²) in [5, 5.41) is 12.4. The van der Waals surface area contributed by atoms with Crippen molar-refractivity contribution in [2.24, 2.45) is 5.41 Å². The standard InChI is InChI=1S/C30H52N2O6Si2/c1-20(2)40(21(3)4,22(5)6)38-27-16-25(32(34)35)24(15-26(27)36-10)28(33)31-19-30(13-14-30)17-23(31)18-37-39(11,12)29(7,8)9/h15-16,20-23H,13-14,17-19H2,1-12H3/t23-/m0/s1. The number of carbonyl (C=O) groups is 1. The van der Waals surface area contributed by atoms with Crippen LogP contribution in [-0.4, -0.2) is 58.7 Å². The molecule has 226 valence electrons. The van der Waals surface area contributed by atoms with E-state index in [0.717, 1.165) is 19.3 Å². The van der Waals surface area contributed by atoms with Gasteiger partial charge in [0.05, 0.1) is 30.7 Å². The molecule has 2 fully saturated rings. The van der Waals surface area contributed by atoms with Crippen molar-refractivity contribution < 1.29 is 23.3 Å². The lowest BCUT2D eigenvalue weighted by molar-refractivity contribution is -0.385. The van der Waals surface area contributed by atoms with Gasteiger partial charge in [0.25, 0.3) is 19.9 Å². The highest BCUT2D eigenvalue weighted by Crippen LogP contribution is 2.55. The van der Waals surface area contributed by atoms with Crippen LogP contribution in [0, 0.1) is 15.5 Å². The van der Waals surface area contributed by atoms with Crippen LogP contribution < -0.4 is 9.16 Å². The predicted molar refractivity (Wildman–Crippen MR) is 166 cm³/mol. The minimum absolute atomic E-state index is 0.0510. The Labute approximate surface area is 243 Å². The highest BCUT2D eigenvalue weighted by Gasteiger charge is 2.54. The molecule has 0 aromatic heterocycles. The van der Waals surface area contributed by atoms with Gasteiger partial charge in [0, 0.05) is 12.6 Å². The van der Waals surface area contributed by atoms with Gasteiger partial charge in [-0.05, 0) is 59.4 Å². The summed E-state index contributed by atoms with van der Waals surface area (Å²) in [5.41, 5.74) is 0.766. The summed E-state index contributed by atoms with van der Waals surface area (Å²) in [6, 6.07) is 2.85. The van der Waals surface area contributed by atoms with Gasteiger partial charge in [-0.15, -0.1) is 0 Å². The third-order valence-electron chi connectivity index (χ3n) is 9.98. The molecule has 2 aliphatic rings. The van der Waals surface area contributed by atoms with Crippen molar-refractivity contribution in [3.05, 3.63) is 27.8 Å². The van der Waals surface area contributed by atoms with Gasteiger partial charge in [0.2, 0.25) is 0 Å². The molecule has 1 aromatic carbocycles. The van der Waals surface area contributed by atoms with Crippen LogP contribution in [0.2, 0.25) is 34.8 Å². The zero-order valence-electron chi connectivity index (χ0n) is 26.8. The summed E-state index contributed by atoms with van der Waals surface area (Å²) in [5.74, 6) is 0.387. The van der Waals surface area contributed by atoms with E-state index in [1.807, 2.05) is 4.90 Å². The maximum Gasteiger partial charge on any atom is 0.286 e.